The van der Waals surface area contributed by atoms with E-state index in [1.807, 2.05) is 30.3 Å². The van der Waals surface area contributed by atoms with Crippen LogP contribution in [-0.4, -0.2) is 0 Å². The van der Waals surface area contributed by atoms with Crippen LogP contribution in [0.25, 0.3) is 0 Å². The zero-order valence-corrected chi connectivity index (χ0v) is 4.91. The van der Waals surface area contributed by atoms with Crippen molar-refractivity contribution in [2.24, 2.45) is 0 Å². The highest BCUT2D eigenvalue weighted by atomic mass is 17.1. The van der Waals surface area contributed by atoms with E-state index in [-0.39, 0.29) is 6.61 Å². The van der Waals surface area contributed by atoms with E-state index >= 15 is 0 Å². The van der Waals surface area contributed by atoms with Crippen molar-refractivity contribution in [1.82, 2.24) is 0 Å². The molecule has 2 heteroatoms. The number of rotatable bonds is 2. The van der Waals surface area contributed by atoms with Crippen molar-refractivity contribution >= 4 is 0 Å². The SMILES string of the molecule is [O-]OCc1ccccc1. The molecule has 0 spiro atoms. The molecular formula is C7H7O2-. The molecule has 48 valence electrons. The van der Waals surface area contributed by atoms with E-state index in [1.54, 1.807) is 0 Å². The van der Waals surface area contributed by atoms with Crippen molar-refractivity contribution in [3.63, 3.8) is 0 Å². The molecule has 1 aromatic rings. The van der Waals surface area contributed by atoms with Gasteiger partial charge in [0.25, 0.3) is 0 Å². The Morgan fingerprint density at radius 3 is 2.44 bits per heavy atom. The van der Waals surface area contributed by atoms with Gasteiger partial charge in [-0.25, -0.2) is 0 Å². The van der Waals surface area contributed by atoms with Crippen LogP contribution in [0.4, 0.5) is 0 Å². The Labute approximate surface area is 53.6 Å². The van der Waals surface area contributed by atoms with Gasteiger partial charge < -0.3 is 10.1 Å². The quantitative estimate of drug-likeness (QED) is 0.423. The van der Waals surface area contributed by atoms with E-state index in [0.717, 1.165) is 5.56 Å². The summed E-state index contributed by atoms with van der Waals surface area (Å²) in [4.78, 5) is 3.68. The predicted molar refractivity (Wildman–Crippen MR) is 31.2 cm³/mol. The Bertz CT molecular complexity index is 160. The first-order valence-corrected chi connectivity index (χ1v) is 2.72. The number of benzene rings is 1. The summed E-state index contributed by atoms with van der Waals surface area (Å²) < 4.78 is 0. The maximum atomic E-state index is 9.60. The summed E-state index contributed by atoms with van der Waals surface area (Å²) in [5, 5.41) is 9.60. The summed E-state index contributed by atoms with van der Waals surface area (Å²) in [5.41, 5.74) is 0.910. The molecular weight excluding hydrogens is 116 g/mol. The molecule has 0 aliphatic heterocycles. The van der Waals surface area contributed by atoms with Gasteiger partial charge in [-0.15, -0.1) is 0 Å². The van der Waals surface area contributed by atoms with Gasteiger partial charge in [-0.05, 0) is 5.56 Å². The highest BCUT2D eigenvalue weighted by Crippen LogP contribution is 1.97. The number of hydrogen-bond donors (Lipinski definition) is 0. The largest absolute Gasteiger partial charge is 0.723 e. The van der Waals surface area contributed by atoms with E-state index in [4.69, 9.17) is 0 Å². The monoisotopic (exact) mass is 123 g/mol. The highest BCUT2D eigenvalue weighted by Gasteiger charge is 1.82. The molecule has 9 heavy (non-hydrogen) atoms. The Balaban J connectivity index is 2.61. The Morgan fingerprint density at radius 2 is 1.89 bits per heavy atom. The lowest BCUT2D eigenvalue weighted by Gasteiger charge is -2.04. The zero-order valence-electron chi connectivity index (χ0n) is 4.91. The van der Waals surface area contributed by atoms with Crippen LogP contribution in [0, 0.1) is 0 Å². The molecule has 0 saturated heterocycles. The molecule has 0 fully saturated rings. The maximum Gasteiger partial charge on any atom is 0.0592 e. The van der Waals surface area contributed by atoms with Crippen LogP contribution in [0.15, 0.2) is 30.3 Å². The zero-order chi connectivity index (χ0) is 6.53. The predicted octanol–water partition coefficient (Wildman–Crippen LogP) is 0.478. The molecule has 0 aromatic heterocycles. The molecule has 0 unspecified atom stereocenters. The van der Waals surface area contributed by atoms with E-state index in [1.165, 1.54) is 0 Å². The second-order valence-electron chi connectivity index (χ2n) is 1.75. The summed E-state index contributed by atoms with van der Waals surface area (Å²) in [5.74, 6) is 0. The Morgan fingerprint density at radius 1 is 1.22 bits per heavy atom. The van der Waals surface area contributed by atoms with Crippen molar-refractivity contribution in [2.75, 3.05) is 0 Å². The van der Waals surface area contributed by atoms with Crippen molar-refractivity contribution < 1.29 is 10.1 Å². The van der Waals surface area contributed by atoms with Gasteiger partial charge in [0.05, 0.1) is 6.61 Å². The van der Waals surface area contributed by atoms with Crippen molar-refractivity contribution in [1.29, 1.82) is 0 Å². The Kier molecular flexibility index (Phi) is 2.24. The molecule has 0 saturated carbocycles. The lowest BCUT2D eigenvalue weighted by molar-refractivity contribution is -0.695. The van der Waals surface area contributed by atoms with Gasteiger partial charge in [-0.1, -0.05) is 30.3 Å². The highest BCUT2D eigenvalue weighted by molar-refractivity contribution is 5.13. The summed E-state index contributed by atoms with van der Waals surface area (Å²) in [6.07, 6.45) is 0. The van der Waals surface area contributed by atoms with Gasteiger partial charge >= 0.3 is 0 Å². The minimum absolute atomic E-state index is 0.154. The standard InChI is InChI=1S/C7H8O2/c8-9-6-7-4-2-1-3-5-7/h1-5,8H,6H2/p-1. The van der Waals surface area contributed by atoms with Crippen LogP contribution >= 0.6 is 0 Å². The molecule has 0 N–H and O–H groups in total. The fourth-order valence-corrected chi connectivity index (χ4v) is 0.642. The minimum Gasteiger partial charge on any atom is -0.723 e. The van der Waals surface area contributed by atoms with Gasteiger partial charge in [-0.3, -0.25) is 0 Å². The van der Waals surface area contributed by atoms with Crippen LogP contribution in [0.3, 0.4) is 0 Å². The molecule has 0 amide bonds. The third kappa shape index (κ3) is 1.83. The lowest BCUT2D eigenvalue weighted by atomic mass is 10.2. The molecule has 0 heterocycles. The number of hydrogen-bond acceptors (Lipinski definition) is 2. The second kappa shape index (κ2) is 3.22. The first-order valence-electron chi connectivity index (χ1n) is 2.72. The van der Waals surface area contributed by atoms with Crippen molar-refractivity contribution in [2.45, 2.75) is 6.61 Å². The summed E-state index contributed by atoms with van der Waals surface area (Å²) in [6.45, 7) is 0.154. The third-order valence-corrected chi connectivity index (χ3v) is 1.07. The van der Waals surface area contributed by atoms with Crippen LogP contribution in [0.1, 0.15) is 5.56 Å². The van der Waals surface area contributed by atoms with Crippen molar-refractivity contribution in [3.05, 3.63) is 35.9 Å². The van der Waals surface area contributed by atoms with E-state index in [2.05, 4.69) is 4.89 Å². The van der Waals surface area contributed by atoms with Gasteiger partial charge in [0.1, 0.15) is 0 Å². The molecule has 0 bridgehead atoms. The average Bonchev–Trinajstić information content (AvgIpc) is 1.91. The van der Waals surface area contributed by atoms with Crippen LogP contribution < -0.4 is 5.26 Å². The molecule has 1 rings (SSSR count). The minimum atomic E-state index is 0.154. The van der Waals surface area contributed by atoms with Gasteiger partial charge in [0.2, 0.25) is 0 Å². The fourth-order valence-electron chi connectivity index (χ4n) is 0.642. The van der Waals surface area contributed by atoms with Crippen LogP contribution in [-0.2, 0) is 11.5 Å². The maximum absolute atomic E-state index is 9.60. The molecule has 1 aromatic carbocycles. The summed E-state index contributed by atoms with van der Waals surface area (Å²) >= 11 is 0. The second-order valence-corrected chi connectivity index (χ2v) is 1.75. The third-order valence-electron chi connectivity index (χ3n) is 1.07. The van der Waals surface area contributed by atoms with Gasteiger partial charge in [0, 0.05) is 0 Å². The van der Waals surface area contributed by atoms with E-state index in [9.17, 15) is 5.26 Å². The van der Waals surface area contributed by atoms with Gasteiger partial charge in [-0.2, -0.15) is 0 Å². The fraction of sp³-hybridized carbons (Fsp3) is 0.143. The van der Waals surface area contributed by atoms with Crippen LogP contribution in [0.5, 0.6) is 0 Å². The normalized spacial score (nSPS) is 9.44. The molecule has 0 radical (unpaired) electrons. The van der Waals surface area contributed by atoms with Crippen LogP contribution in [0.2, 0.25) is 0 Å². The summed E-state index contributed by atoms with van der Waals surface area (Å²) in [7, 11) is 0. The average molecular weight is 123 g/mol. The molecule has 0 atom stereocenters. The topological polar surface area (TPSA) is 32.3 Å². The molecule has 0 aliphatic rings. The first kappa shape index (κ1) is 6.26. The van der Waals surface area contributed by atoms with E-state index < -0.39 is 0 Å². The molecule has 0 aliphatic carbocycles. The summed E-state index contributed by atoms with van der Waals surface area (Å²) in [6, 6.07) is 9.33. The smallest absolute Gasteiger partial charge is 0.0592 e. The first-order chi connectivity index (χ1) is 4.43. The van der Waals surface area contributed by atoms with E-state index in [0.29, 0.717) is 0 Å². The Hall–Kier alpha value is -0.860. The van der Waals surface area contributed by atoms with Crippen molar-refractivity contribution in [3.8, 4) is 0 Å². The van der Waals surface area contributed by atoms with Gasteiger partial charge in [0.15, 0.2) is 0 Å². The molecule has 2 nitrogen and oxygen atoms in total. The lowest BCUT2D eigenvalue weighted by Crippen LogP contribution is -2.03.